The number of nitrogens with one attached hydrogen (secondary N) is 1. The summed E-state index contributed by atoms with van der Waals surface area (Å²) in [6.07, 6.45) is 3.78. The van der Waals surface area contributed by atoms with Crippen molar-refractivity contribution in [1.29, 1.82) is 0 Å². The minimum absolute atomic E-state index is 0.572. The van der Waals surface area contributed by atoms with Crippen LogP contribution in [0.15, 0.2) is 24.3 Å². The van der Waals surface area contributed by atoms with E-state index in [9.17, 15) is 0 Å². The highest BCUT2D eigenvalue weighted by Gasteiger charge is 2.18. The van der Waals surface area contributed by atoms with Gasteiger partial charge in [0.1, 0.15) is 0 Å². The molecule has 0 aromatic heterocycles. The predicted octanol–water partition coefficient (Wildman–Crippen LogP) is 3.20. The van der Waals surface area contributed by atoms with Crippen LogP contribution < -0.4 is 5.32 Å². The molecular weight excluding hydrogens is 256 g/mol. The molecule has 1 aromatic rings. The molecule has 1 fully saturated rings. The van der Waals surface area contributed by atoms with Gasteiger partial charge in [0.05, 0.1) is 0 Å². The molecule has 1 saturated heterocycles. The van der Waals surface area contributed by atoms with E-state index >= 15 is 0 Å². The highest BCUT2D eigenvalue weighted by atomic mass is 35.5. The predicted molar refractivity (Wildman–Crippen MR) is 82.8 cm³/mol. The highest BCUT2D eigenvalue weighted by molar-refractivity contribution is 6.30. The summed E-state index contributed by atoms with van der Waals surface area (Å²) in [6.45, 7) is 5.88. The maximum Gasteiger partial charge on any atom is 0.0406 e. The Kier molecular flexibility index (Phi) is 5.68. The van der Waals surface area contributed by atoms with E-state index in [1.54, 1.807) is 0 Å². The summed E-state index contributed by atoms with van der Waals surface area (Å²) in [6, 6.07) is 8.80. The van der Waals surface area contributed by atoms with Gasteiger partial charge in [-0.1, -0.05) is 23.7 Å². The highest BCUT2D eigenvalue weighted by Crippen LogP contribution is 2.16. The Morgan fingerprint density at radius 2 is 2.11 bits per heavy atom. The first-order valence-corrected chi connectivity index (χ1v) is 7.68. The monoisotopic (exact) mass is 280 g/mol. The quantitative estimate of drug-likeness (QED) is 0.891. The molecule has 1 aromatic carbocycles. The maximum absolute atomic E-state index is 5.92. The zero-order chi connectivity index (χ0) is 13.7. The molecule has 0 radical (unpaired) electrons. The van der Waals surface area contributed by atoms with Crippen LogP contribution >= 0.6 is 11.6 Å². The van der Waals surface area contributed by atoms with Crippen molar-refractivity contribution >= 4 is 11.6 Å². The summed E-state index contributed by atoms with van der Waals surface area (Å²) in [7, 11) is 2.25. The lowest BCUT2D eigenvalue weighted by Crippen LogP contribution is -2.40. The van der Waals surface area contributed by atoms with Gasteiger partial charge in [0.2, 0.25) is 0 Å². The van der Waals surface area contributed by atoms with Gasteiger partial charge in [-0.25, -0.2) is 0 Å². The van der Waals surface area contributed by atoms with Crippen molar-refractivity contribution < 1.29 is 0 Å². The summed E-state index contributed by atoms with van der Waals surface area (Å²) >= 11 is 5.92. The van der Waals surface area contributed by atoms with Crippen LogP contribution in [-0.2, 0) is 6.42 Å². The lowest BCUT2D eigenvalue weighted by atomic mass is 9.98. The van der Waals surface area contributed by atoms with Crippen molar-refractivity contribution in [1.82, 2.24) is 10.2 Å². The van der Waals surface area contributed by atoms with E-state index in [2.05, 4.69) is 36.3 Å². The number of piperidine rings is 1. The van der Waals surface area contributed by atoms with Crippen molar-refractivity contribution in [3.8, 4) is 0 Å². The zero-order valence-corrected chi connectivity index (χ0v) is 12.8. The number of hydrogen-bond donors (Lipinski definition) is 1. The molecule has 2 unspecified atom stereocenters. The molecule has 3 heteroatoms. The first-order valence-electron chi connectivity index (χ1n) is 7.30. The third-order valence-corrected chi connectivity index (χ3v) is 4.39. The molecule has 1 heterocycles. The van der Waals surface area contributed by atoms with E-state index < -0.39 is 0 Å². The van der Waals surface area contributed by atoms with Gasteiger partial charge < -0.3 is 10.2 Å². The van der Waals surface area contributed by atoms with Crippen LogP contribution in [0.3, 0.4) is 0 Å². The van der Waals surface area contributed by atoms with Gasteiger partial charge in [-0.2, -0.15) is 0 Å². The molecule has 1 aliphatic heterocycles. The summed E-state index contributed by atoms with van der Waals surface area (Å²) in [5.41, 5.74) is 1.37. The SMILES string of the molecule is CC(Cc1ccc(Cl)cc1)N(C)CC1CCCNC1. The lowest BCUT2D eigenvalue weighted by Gasteiger charge is -2.31. The fourth-order valence-electron chi connectivity index (χ4n) is 2.78. The third kappa shape index (κ3) is 4.79. The normalized spacial score (nSPS) is 21.6. The molecule has 0 amide bonds. The molecule has 0 aliphatic carbocycles. The van der Waals surface area contributed by atoms with Crippen LogP contribution in [0.25, 0.3) is 0 Å². The van der Waals surface area contributed by atoms with Gasteiger partial charge in [0.25, 0.3) is 0 Å². The Bertz CT molecular complexity index is 371. The molecule has 1 aliphatic rings. The first-order chi connectivity index (χ1) is 9.15. The first kappa shape index (κ1) is 14.8. The van der Waals surface area contributed by atoms with E-state index in [0.717, 1.165) is 17.4 Å². The summed E-state index contributed by atoms with van der Waals surface area (Å²) in [5.74, 6) is 0.811. The van der Waals surface area contributed by atoms with Crippen LogP contribution in [-0.4, -0.2) is 37.6 Å². The topological polar surface area (TPSA) is 15.3 Å². The molecule has 2 rings (SSSR count). The number of hydrogen-bond acceptors (Lipinski definition) is 2. The number of rotatable bonds is 5. The van der Waals surface area contributed by atoms with Crippen LogP contribution in [0.2, 0.25) is 5.02 Å². The van der Waals surface area contributed by atoms with E-state index in [-0.39, 0.29) is 0 Å². The summed E-state index contributed by atoms with van der Waals surface area (Å²) in [5, 5.41) is 4.31. The second kappa shape index (κ2) is 7.28. The molecule has 2 atom stereocenters. The van der Waals surface area contributed by atoms with Gasteiger partial charge in [-0.05, 0) is 69.9 Å². The van der Waals surface area contributed by atoms with Crippen molar-refractivity contribution in [3.63, 3.8) is 0 Å². The zero-order valence-electron chi connectivity index (χ0n) is 12.0. The average molecular weight is 281 g/mol. The minimum atomic E-state index is 0.572. The van der Waals surface area contributed by atoms with Crippen LogP contribution in [0.4, 0.5) is 0 Å². The fraction of sp³-hybridized carbons (Fsp3) is 0.625. The summed E-state index contributed by atoms with van der Waals surface area (Å²) in [4.78, 5) is 2.49. The molecule has 106 valence electrons. The van der Waals surface area contributed by atoms with Gasteiger partial charge in [0, 0.05) is 17.6 Å². The Hall–Kier alpha value is -0.570. The lowest BCUT2D eigenvalue weighted by molar-refractivity contribution is 0.197. The van der Waals surface area contributed by atoms with Gasteiger partial charge in [-0.3, -0.25) is 0 Å². The van der Waals surface area contributed by atoms with Crippen molar-refractivity contribution in [2.45, 2.75) is 32.2 Å². The van der Waals surface area contributed by atoms with E-state index in [0.29, 0.717) is 6.04 Å². The Morgan fingerprint density at radius 1 is 1.37 bits per heavy atom. The third-order valence-electron chi connectivity index (χ3n) is 4.14. The van der Waals surface area contributed by atoms with Crippen molar-refractivity contribution in [3.05, 3.63) is 34.9 Å². The molecule has 0 saturated carbocycles. The fourth-order valence-corrected chi connectivity index (χ4v) is 2.91. The Balaban J connectivity index is 1.81. The van der Waals surface area contributed by atoms with Crippen molar-refractivity contribution in [2.24, 2.45) is 5.92 Å². The van der Waals surface area contributed by atoms with Crippen LogP contribution in [0.1, 0.15) is 25.3 Å². The maximum atomic E-state index is 5.92. The molecular formula is C16H25ClN2. The molecule has 2 nitrogen and oxygen atoms in total. The van der Waals surface area contributed by atoms with Gasteiger partial charge in [0.15, 0.2) is 0 Å². The molecule has 19 heavy (non-hydrogen) atoms. The number of benzene rings is 1. The Labute approximate surface area is 122 Å². The largest absolute Gasteiger partial charge is 0.316 e. The second-order valence-corrected chi connectivity index (χ2v) is 6.27. The molecule has 0 spiro atoms. The minimum Gasteiger partial charge on any atom is -0.316 e. The van der Waals surface area contributed by atoms with E-state index in [4.69, 9.17) is 11.6 Å². The number of nitrogens with zero attached hydrogens (tertiary/aromatic N) is 1. The average Bonchev–Trinajstić information content (AvgIpc) is 2.42. The summed E-state index contributed by atoms with van der Waals surface area (Å²) < 4.78 is 0. The smallest absolute Gasteiger partial charge is 0.0406 e. The number of halogens is 1. The van der Waals surface area contributed by atoms with Crippen LogP contribution in [0.5, 0.6) is 0 Å². The van der Waals surface area contributed by atoms with Gasteiger partial charge in [-0.15, -0.1) is 0 Å². The number of likely N-dealkylation sites (N-methyl/N-ethyl adjacent to an activating group) is 1. The Morgan fingerprint density at radius 3 is 2.74 bits per heavy atom. The molecule has 0 bridgehead atoms. The molecule has 1 N–H and O–H groups in total. The van der Waals surface area contributed by atoms with E-state index in [1.807, 2.05) is 12.1 Å². The van der Waals surface area contributed by atoms with Gasteiger partial charge >= 0.3 is 0 Å². The van der Waals surface area contributed by atoms with Crippen LogP contribution in [0, 0.1) is 5.92 Å². The van der Waals surface area contributed by atoms with E-state index in [1.165, 1.54) is 38.0 Å². The second-order valence-electron chi connectivity index (χ2n) is 5.83. The standard InChI is InChI=1S/C16H25ClN2/c1-13(10-14-5-7-16(17)8-6-14)19(2)12-15-4-3-9-18-11-15/h5-8,13,15,18H,3-4,9-12H2,1-2H3. The van der Waals surface area contributed by atoms with Crippen molar-refractivity contribution in [2.75, 3.05) is 26.7 Å².